The van der Waals surface area contributed by atoms with Crippen molar-refractivity contribution in [3.8, 4) is 0 Å². The van der Waals surface area contributed by atoms with Crippen LogP contribution < -0.4 is 54.4 Å². The summed E-state index contributed by atoms with van der Waals surface area (Å²) in [6, 6.07) is 16.6. The lowest BCUT2D eigenvalue weighted by molar-refractivity contribution is -0.141. The molecule has 3 aromatic rings. The van der Waals surface area contributed by atoms with Crippen molar-refractivity contribution in [1.82, 2.24) is 37.2 Å². The topological polar surface area (TPSA) is 343 Å². The highest BCUT2D eigenvalue weighted by atomic mass is 32.1. The fraction of sp³-hybridized carbons (Fsp3) is 0.372. The van der Waals surface area contributed by atoms with E-state index in [4.69, 9.17) is 22.6 Å². The van der Waals surface area contributed by atoms with E-state index >= 15 is 0 Å². The second-order valence-corrected chi connectivity index (χ2v) is 15.3. The molecule has 344 valence electrons. The number of carboxylic acid groups (broad SMARTS) is 1. The monoisotopic (exact) mass is 903 g/mol. The average molecular weight is 904 g/mol. The van der Waals surface area contributed by atoms with Gasteiger partial charge in [0, 0.05) is 31.6 Å². The molecular formula is C43H57N11O9S. The Morgan fingerprint density at radius 2 is 0.953 bits per heavy atom. The van der Waals surface area contributed by atoms with Crippen molar-refractivity contribution in [2.45, 2.75) is 87.7 Å². The molecule has 0 aliphatic rings. The molecule has 0 saturated heterocycles. The highest BCUT2D eigenvalue weighted by molar-refractivity contribution is 7.80. The Morgan fingerprint density at radius 1 is 0.578 bits per heavy atom. The number of hydrogen-bond donors (Lipinski definition) is 13. The van der Waals surface area contributed by atoms with E-state index in [-0.39, 0.29) is 37.4 Å². The lowest BCUT2D eigenvalue weighted by Gasteiger charge is -2.27. The van der Waals surface area contributed by atoms with Gasteiger partial charge >= 0.3 is 5.97 Å². The molecule has 0 aliphatic carbocycles. The van der Waals surface area contributed by atoms with Crippen LogP contribution in [0.3, 0.4) is 0 Å². The standard InChI is InChI=1S/C43H57N11O9S/c1-25(36(56)50-30(20-26-12-5-2-6-13-26)41(61)54-34(24-64)42(62)63)49-38(58)33(23-35(45)55)53-40(60)32(22-28-16-9-4-10-17-28)52-39(59)31(21-27-14-7-3-8-15-27)51-37(57)29(44)18-11-19-48-43(46)47/h2-10,12-17,25,29-34,64H,11,18-24,44H2,1H3,(H2,45,55)(H,49,58)(H,50,56)(H,51,57)(H,52,59)(H,53,60)(H,54,61)(H,62,63)(H4,46,47,48)/t25-,29-,30-,31-,32-,33-,34-/m0/s1. The van der Waals surface area contributed by atoms with Crippen molar-refractivity contribution in [2.75, 3.05) is 12.3 Å². The molecule has 21 heteroatoms. The van der Waals surface area contributed by atoms with Crippen molar-refractivity contribution in [3.63, 3.8) is 0 Å². The zero-order chi connectivity index (χ0) is 47.2. The van der Waals surface area contributed by atoms with Gasteiger partial charge in [-0.25, -0.2) is 4.79 Å². The molecule has 0 fully saturated rings. The third-order valence-electron chi connectivity index (χ3n) is 9.68. The Hall–Kier alpha value is -7.00. The Balaban J connectivity index is 1.82. The molecule has 0 aromatic heterocycles. The predicted octanol–water partition coefficient (Wildman–Crippen LogP) is -1.88. The first-order chi connectivity index (χ1) is 30.5. The van der Waals surface area contributed by atoms with Gasteiger partial charge in [0.1, 0.15) is 36.3 Å². The predicted molar refractivity (Wildman–Crippen MR) is 240 cm³/mol. The van der Waals surface area contributed by atoms with Crippen LogP contribution >= 0.6 is 12.6 Å². The maximum Gasteiger partial charge on any atom is 0.327 e. The van der Waals surface area contributed by atoms with Gasteiger partial charge in [0.05, 0.1) is 12.5 Å². The van der Waals surface area contributed by atoms with Gasteiger partial charge in [-0.1, -0.05) is 91.0 Å². The summed E-state index contributed by atoms with van der Waals surface area (Å²) in [7, 11) is 0. The smallest absolute Gasteiger partial charge is 0.327 e. The van der Waals surface area contributed by atoms with E-state index in [0.29, 0.717) is 29.7 Å². The molecule has 3 aromatic carbocycles. The molecule has 0 heterocycles. The zero-order valence-electron chi connectivity index (χ0n) is 35.3. The quantitative estimate of drug-likeness (QED) is 0.0182. The fourth-order valence-electron chi connectivity index (χ4n) is 6.22. The van der Waals surface area contributed by atoms with Crippen molar-refractivity contribution in [2.24, 2.45) is 17.2 Å². The molecule has 0 aliphatic heterocycles. The van der Waals surface area contributed by atoms with E-state index in [1.54, 1.807) is 91.0 Å². The van der Waals surface area contributed by atoms with E-state index in [1.165, 1.54) is 6.92 Å². The number of nitrogens with two attached hydrogens (primary N) is 3. The molecule has 0 radical (unpaired) electrons. The van der Waals surface area contributed by atoms with Crippen LogP contribution in [0.4, 0.5) is 0 Å². The molecule has 15 N–H and O–H groups in total. The summed E-state index contributed by atoms with van der Waals surface area (Å²) in [5.41, 5.74) is 18.8. The van der Waals surface area contributed by atoms with Gasteiger partial charge in [0.15, 0.2) is 5.96 Å². The molecule has 64 heavy (non-hydrogen) atoms. The first-order valence-electron chi connectivity index (χ1n) is 20.4. The number of guanidine groups is 1. The number of thiol groups is 1. The minimum Gasteiger partial charge on any atom is -0.480 e. The van der Waals surface area contributed by atoms with Gasteiger partial charge in [-0.3, -0.25) is 39.0 Å². The van der Waals surface area contributed by atoms with Crippen LogP contribution in [0.25, 0.3) is 0 Å². The molecule has 0 unspecified atom stereocenters. The minimum atomic E-state index is -1.65. The van der Waals surface area contributed by atoms with Crippen LogP contribution in [0.2, 0.25) is 0 Å². The third-order valence-corrected chi connectivity index (χ3v) is 10.0. The first kappa shape index (κ1) is 51.4. The molecule has 7 amide bonds. The molecule has 0 bridgehead atoms. The summed E-state index contributed by atoms with van der Waals surface area (Å²) < 4.78 is 0. The lowest BCUT2D eigenvalue weighted by Crippen LogP contribution is -2.60. The summed E-state index contributed by atoms with van der Waals surface area (Å²) in [5, 5.41) is 34.5. The fourth-order valence-corrected chi connectivity index (χ4v) is 6.47. The number of benzene rings is 3. The van der Waals surface area contributed by atoms with E-state index in [0.717, 1.165) is 0 Å². The summed E-state index contributed by atoms with van der Waals surface area (Å²) >= 11 is 3.98. The van der Waals surface area contributed by atoms with Crippen LogP contribution in [-0.2, 0) is 57.6 Å². The van der Waals surface area contributed by atoms with E-state index in [1.807, 2.05) is 0 Å². The number of nitrogens with one attached hydrogen (secondary N) is 8. The zero-order valence-corrected chi connectivity index (χ0v) is 36.1. The SMILES string of the molecule is C[C@H](NC(=O)[C@H](CC(N)=O)NC(=O)[C@H](Cc1ccccc1)NC(=O)[C@H](Cc1ccccc1)NC(=O)[C@@H](N)CCCNC(=N)N)C(=O)N[C@@H](Cc1ccccc1)C(=O)N[C@@H](CS)C(=O)O. The molecular weight excluding hydrogens is 847 g/mol. The number of carboxylic acids is 1. The van der Waals surface area contributed by atoms with E-state index < -0.39 is 96.0 Å². The summed E-state index contributed by atoms with van der Waals surface area (Å²) in [6.07, 6.45) is -0.269. The number of aliphatic carboxylic acids is 1. The largest absolute Gasteiger partial charge is 0.480 e. The minimum absolute atomic E-state index is 0.00651. The van der Waals surface area contributed by atoms with Crippen LogP contribution in [0.1, 0.15) is 42.9 Å². The Kier molecular flexibility index (Phi) is 21.2. The second kappa shape index (κ2) is 26.5. The molecule has 7 atom stereocenters. The Morgan fingerprint density at radius 3 is 1.34 bits per heavy atom. The van der Waals surface area contributed by atoms with Gasteiger partial charge in [0.2, 0.25) is 41.4 Å². The van der Waals surface area contributed by atoms with E-state index in [9.17, 15) is 43.5 Å². The van der Waals surface area contributed by atoms with Crippen LogP contribution in [0.5, 0.6) is 0 Å². The first-order valence-corrected chi connectivity index (χ1v) is 21.0. The van der Waals surface area contributed by atoms with Crippen LogP contribution in [0.15, 0.2) is 91.0 Å². The lowest BCUT2D eigenvalue weighted by atomic mass is 10.0. The highest BCUT2D eigenvalue weighted by Gasteiger charge is 2.33. The van der Waals surface area contributed by atoms with Crippen LogP contribution in [-0.4, -0.2) is 113 Å². The number of rotatable bonds is 26. The number of primary amides is 1. The van der Waals surface area contributed by atoms with Gasteiger partial charge in [-0.15, -0.1) is 0 Å². The summed E-state index contributed by atoms with van der Waals surface area (Å²) in [6.45, 7) is 1.58. The highest BCUT2D eigenvalue weighted by Crippen LogP contribution is 2.10. The second-order valence-electron chi connectivity index (χ2n) is 14.9. The molecule has 0 spiro atoms. The Bertz CT molecular complexity index is 2070. The van der Waals surface area contributed by atoms with Crippen molar-refractivity contribution >= 4 is 65.9 Å². The van der Waals surface area contributed by atoms with Gasteiger partial charge in [-0.2, -0.15) is 12.6 Å². The third kappa shape index (κ3) is 18.2. The summed E-state index contributed by atoms with van der Waals surface area (Å²) in [4.78, 5) is 106. The number of amides is 7. The molecule has 3 rings (SSSR count). The normalized spacial score (nSPS) is 14.0. The van der Waals surface area contributed by atoms with Crippen LogP contribution in [0, 0.1) is 5.41 Å². The average Bonchev–Trinajstić information content (AvgIpc) is 3.26. The van der Waals surface area contributed by atoms with Gasteiger partial charge in [0.25, 0.3) is 0 Å². The number of carbonyl (C=O) groups is 8. The maximum absolute atomic E-state index is 14.1. The van der Waals surface area contributed by atoms with Crippen molar-refractivity contribution in [1.29, 1.82) is 5.41 Å². The number of carbonyl (C=O) groups excluding carboxylic acids is 7. The number of hydrogen-bond acceptors (Lipinski definition) is 11. The van der Waals surface area contributed by atoms with Gasteiger partial charge < -0.3 is 59.5 Å². The molecule has 0 saturated carbocycles. The summed E-state index contributed by atoms with van der Waals surface area (Å²) in [5.74, 6) is -7.81. The Labute approximate surface area is 375 Å². The van der Waals surface area contributed by atoms with Crippen molar-refractivity contribution < 1.29 is 43.5 Å². The maximum atomic E-state index is 14.1. The molecule has 20 nitrogen and oxygen atoms in total. The van der Waals surface area contributed by atoms with E-state index in [2.05, 4.69) is 49.8 Å². The van der Waals surface area contributed by atoms with Crippen molar-refractivity contribution in [3.05, 3.63) is 108 Å². The van der Waals surface area contributed by atoms with Gasteiger partial charge in [-0.05, 0) is 36.5 Å².